The van der Waals surface area contributed by atoms with Crippen molar-refractivity contribution < 1.29 is 43.9 Å². The van der Waals surface area contributed by atoms with Crippen molar-refractivity contribution >= 4 is 29.5 Å². The summed E-state index contributed by atoms with van der Waals surface area (Å²) < 4.78 is 15.5. The lowest BCUT2D eigenvalue weighted by molar-refractivity contribution is 0.0464. The van der Waals surface area contributed by atoms with Gasteiger partial charge in [-0.05, 0) is 97.8 Å². The molecule has 0 saturated carbocycles. The summed E-state index contributed by atoms with van der Waals surface area (Å²) in [5.74, 6) is -0.765. The second-order valence-corrected chi connectivity index (χ2v) is 12.7. The van der Waals surface area contributed by atoms with E-state index in [9.17, 15) is 14.4 Å². The lowest BCUT2D eigenvalue weighted by Gasteiger charge is -2.06. The molecule has 0 radical (unpaired) electrons. The monoisotopic (exact) mass is 754 g/mol. The van der Waals surface area contributed by atoms with Gasteiger partial charge in [-0.2, -0.15) is 0 Å². The molecule has 9 nitrogen and oxygen atoms in total. The molecule has 0 aliphatic rings. The molecule has 0 aliphatic carbocycles. The second kappa shape index (κ2) is 23.7. The van der Waals surface area contributed by atoms with Crippen LogP contribution in [0.5, 0.6) is 17.2 Å². The summed E-state index contributed by atoms with van der Waals surface area (Å²) in [4.78, 5) is 35.0. The number of aryl methyl sites for hydroxylation is 1. The van der Waals surface area contributed by atoms with Gasteiger partial charge >= 0.3 is 17.9 Å². The quantitative estimate of drug-likeness (QED) is 0.0574. The number of unbranched alkanes of at least 4 members (excludes halogenated alkanes) is 5. The van der Waals surface area contributed by atoms with Gasteiger partial charge in [-0.15, -0.1) is 0 Å². The maximum Gasteiger partial charge on any atom is 0.338 e. The van der Waals surface area contributed by atoms with Crippen LogP contribution in [0.2, 0.25) is 5.02 Å². The number of esters is 3. The van der Waals surface area contributed by atoms with Crippen LogP contribution in [-0.4, -0.2) is 39.8 Å². The Kier molecular flexibility index (Phi) is 18.7. The number of aromatic hydroxyl groups is 3. The molecule has 0 fully saturated rings. The Morgan fingerprint density at radius 2 is 0.944 bits per heavy atom. The van der Waals surface area contributed by atoms with E-state index in [-0.39, 0.29) is 36.4 Å². The minimum atomic E-state index is -0.449. The highest BCUT2D eigenvalue weighted by molar-refractivity contribution is 6.31. The van der Waals surface area contributed by atoms with E-state index in [4.69, 9.17) is 41.1 Å². The van der Waals surface area contributed by atoms with Gasteiger partial charge in [0.05, 0.1) is 23.3 Å². The number of phenols is 3. The Hall–Kier alpha value is -5.80. The second-order valence-electron chi connectivity index (χ2n) is 12.3. The predicted molar refractivity (Wildman–Crippen MR) is 209 cm³/mol. The molecule has 10 heteroatoms. The number of phenolic OH excluding ortho intramolecular Hbond substituents is 3. The molecule has 0 unspecified atom stereocenters. The number of ether oxygens (including phenoxy) is 3. The molecule has 0 atom stereocenters. The first-order valence-electron chi connectivity index (χ1n) is 17.7. The van der Waals surface area contributed by atoms with Crippen LogP contribution in [0.1, 0.15) is 93.2 Å². The van der Waals surface area contributed by atoms with Crippen LogP contribution >= 0.6 is 11.6 Å². The molecule has 0 spiro atoms. The molecule has 0 heterocycles. The first-order chi connectivity index (χ1) is 26.0. The van der Waals surface area contributed by atoms with Crippen molar-refractivity contribution in [3.8, 4) is 17.2 Å². The summed E-state index contributed by atoms with van der Waals surface area (Å²) in [5.41, 5.74) is 4.18. The highest BCUT2D eigenvalue weighted by Crippen LogP contribution is 2.18. The standard InChI is InChI=1S/C15H14O3.C15H22O3.C14H11ClO3/c1-11-2-4-12(5-3-11)10-18-15(17)13-6-8-14(16)9-7-13;1-2-3-4-5-6-7-12-18-15(17)13-8-10-14(16)11-9-13;15-13-4-2-1-3-11(13)9-18-14(17)10-5-7-12(16)8-6-10/h2-9,16H,10H2,1H3;8-11,16H,2-7,12H2,1H3;1-8,16H,9H2. The molecule has 5 rings (SSSR count). The molecule has 284 valence electrons. The Balaban J connectivity index is 0.000000218. The third kappa shape index (κ3) is 16.3. The van der Waals surface area contributed by atoms with Crippen LogP contribution in [-0.2, 0) is 27.4 Å². The summed E-state index contributed by atoms with van der Waals surface area (Å²) in [7, 11) is 0. The van der Waals surface area contributed by atoms with Gasteiger partial charge in [0.1, 0.15) is 30.5 Å². The van der Waals surface area contributed by atoms with E-state index in [1.165, 1.54) is 91.9 Å². The molecule has 0 aromatic heterocycles. The first kappa shape index (κ1) is 42.6. The Labute approximate surface area is 321 Å². The fourth-order valence-electron chi connectivity index (χ4n) is 4.68. The van der Waals surface area contributed by atoms with Gasteiger partial charge in [0.2, 0.25) is 0 Å². The number of hydrogen-bond donors (Lipinski definition) is 3. The van der Waals surface area contributed by atoms with E-state index in [0.29, 0.717) is 28.3 Å². The normalized spacial score (nSPS) is 10.1. The predicted octanol–water partition coefficient (Wildman–Crippen LogP) is 10.4. The molecule has 0 bridgehead atoms. The largest absolute Gasteiger partial charge is 0.508 e. The van der Waals surface area contributed by atoms with Crippen molar-refractivity contribution in [1.29, 1.82) is 0 Å². The zero-order valence-corrected chi connectivity index (χ0v) is 31.3. The molecule has 0 saturated heterocycles. The highest BCUT2D eigenvalue weighted by atomic mass is 35.5. The van der Waals surface area contributed by atoms with Crippen molar-refractivity contribution in [2.75, 3.05) is 6.61 Å². The van der Waals surface area contributed by atoms with Crippen LogP contribution in [0.15, 0.2) is 121 Å². The van der Waals surface area contributed by atoms with E-state index in [1.807, 2.05) is 43.3 Å². The molecular weight excluding hydrogens is 708 g/mol. The minimum Gasteiger partial charge on any atom is -0.508 e. The van der Waals surface area contributed by atoms with Crippen LogP contribution in [0.25, 0.3) is 0 Å². The zero-order valence-electron chi connectivity index (χ0n) is 30.6. The fourth-order valence-corrected chi connectivity index (χ4v) is 4.87. The van der Waals surface area contributed by atoms with Crippen LogP contribution < -0.4 is 0 Å². The van der Waals surface area contributed by atoms with Crippen LogP contribution in [0.4, 0.5) is 0 Å². The van der Waals surface area contributed by atoms with Crippen molar-refractivity contribution in [3.63, 3.8) is 0 Å². The van der Waals surface area contributed by atoms with E-state index in [0.717, 1.165) is 24.0 Å². The van der Waals surface area contributed by atoms with Gasteiger partial charge in [-0.3, -0.25) is 0 Å². The lowest BCUT2D eigenvalue weighted by Crippen LogP contribution is -2.06. The van der Waals surface area contributed by atoms with Crippen LogP contribution in [0.3, 0.4) is 0 Å². The average molecular weight is 755 g/mol. The molecule has 54 heavy (non-hydrogen) atoms. The summed E-state index contributed by atoms with van der Waals surface area (Å²) in [6.07, 6.45) is 7.05. The van der Waals surface area contributed by atoms with E-state index < -0.39 is 11.9 Å². The van der Waals surface area contributed by atoms with Gasteiger partial charge in [-0.1, -0.05) is 98.7 Å². The molecule has 0 aliphatic heterocycles. The number of rotatable bonds is 14. The lowest BCUT2D eigenvalue weighted by atomic mass is 10.1. The van der Waals surface area contributed by atoms with Crippen molar-refractivity contribution in [1.82, 2.24) is 0 Å². The summed E-state index contributed by atoms with van der Waals surface area (Å²) >= 11 is 5.95. The molecular formula is C44H47ClO9. The van der Waals surface area contributed by atoms with Crippen LogP contribution in [0, 0.1) is 6.92 Å². The summed E-state index contributed by atoms with van der Waals surface area (Å²) in [5, 5.41) is 27.9. The zero-order chi connectivity index (χ0) is 39.1. The van der Waals surface area contributed by atoms with Crippen molar-refractivity contribution in [3.05, 3.63) is 160 Å². The van der Waals surface area contributed by atoms with Crippen molar-refractivity contribution in [2.45, 2.75) is 65.6 Å². The molecule has 5 aromatic carbocycles. The van der Waals surface area contributed by atoms with Gasteiger partial charge in [0.25, 0.3) is 0 Å². The third-order valence-electron chi connectivity index (χ3n) is 7.85. The summed E-state index contributed by atoms with van der Waals surface area (Å²) in [6, 6.07) is 33.0. The number of halogens is 1. The average Bonchev–Trinajstić information content (AvgIpc) is 3.18. The van der Waals surface area contributed by atoms with Gasteiger partial charge in [-0.25, -0.2) is 14.4 Å². The molecule has 3 N–H and O–H groups in total. The number of carbonyl (C=O) groups excluding carboxylic acids is 3. The van der Waals surface area contributed by atoms with Crippen molar-refractivity contribution in [2.24, 2.45) is 0 Å². The Morgan fingerprint density at radius 1 is 0.519 bits per heavy atom. The number of benzene rings is 5. The van der Waals surface area contributed by atoms with Gasteiger partial charge < -0.3 is 29.5 Å². The topological polar surface area (TPSA) is 140 Å². The number of hydrogen-bond acceptors (Lipinski definition) is 9. The Morgan fingerprint density at radius 3 is 1.43 bits per heavy atom. The first-order valence-corrected chi connectivity index (χ1v) is 18.1. The van der Waals surface area contributed by atoms with E-state index >= 15 is 0 Å². The SMILES string of the molecule is CCCCCCCCOC(=O)c1ccc(O)cc1.Cc1ccc(COC(=O)c2ccc(O)cc2)cc1.O=C(OCc1ccccc1Cl)c1ccc(O)cc1. The summed E-state index contributed by atoms with van der Waals surface area (Å²) in [6.45, 7) is 5.05. The maximum atomic E-state index is 11.7. The molecule has 0 amide bonds. The maximum absolute atomic E-state index is 11.7. The minimum absolute atomic E-state index is 0.109. The van der Waals surface area contributed by atoms with E-state index in [2.05, 4.69) is 6.92 Å². The third-order valence-corrected chi connectivity index (χ3v) is 8.22. The molecule has 5 aromatic rings. The highest BCUT2D eigenvalue weighted by Gasteiger charge is 2.09. The smallest absolute Gasteiger partial charge is 0.338 e. The number of carbonyl (C=O) groups is 3. The van der Waals surface area contributed by atoms with E-state index in [1.54, 1.807) is 24.3 Å². The van der Waals surface area contributed by atoms with Gasteiger partial charge in [0, 0.05) is 10.6 Å². The Bertz CT molecular complexity index is 1860. The fraction of sp³-hybridized carbons (Fsp3) is 0.250. The van der Waals surface area contributed by atoms with Gasteiger partial charge in [0.15, 0.2) is 0 Å².